The van der Waals surface area contributed by atoms with Gasteiger partial charge in [0.15, 0.2) is 0 Å². The fourth-order valence-electron chi connectivity index (χ4n) is 4.43. The largest absolute Gasteiger partial charge is 0.481 e. The lowest BCUT2D eigenvalue weighted by molar-refractivity contribution is -0.145. The van der Waals surface area contributed by atoms with Crippen molar-refractivity contribution >= 4 is 22.8 Å². The van der Waals surface area contributed by atoms with Crippen molar-refractivity contribution in [3.05, 3.63) is 35.3 Å². The molecule has 0 saturated carbocycles. The summed E-state index contributed by atoms with van der Waals surface area (Å²) >= 11 is 0. The van der Waals surface area contributed by atoms with E-state index in [-0.39, 0.29) is 23.7 Å². The maximum absolute atomic E-state index is 13.6. The number of aryl methyl sites for hydroxylation is 1. The number of fused-ring (bicyclic) bond motifs is 1. The van der Waals surface area contributed by atoms with Crippen molar-refractivity contribution in [2.24, 2.45) is 11.8 Å². The molecule has 2 N–H and O–H groups in total. The number of piperidine rings is 1. The van der Waals surface area contributed by atoms with Gasteiger partial charge in [-0.15, -0.1) is 0 Å². The zero-order chi connectivity index (χ0) is 19.1. The zero-order valence-electron chi connectivity index (χ0n) is 15.2. The summed E-state index contributed by atoms with van der Waals surface area (Å²) in [5.41, 5.74) is 1.86. The van der Waals surface area contributed by atoms with E-state index in [1.54, 1.807) is 11.0 Å². The Morgan fingerprint density at radius 3 is 2.67 bits per heavy atom. The van der Waals surface area contributed by atoms with E-state index in [2.05, 4.69) is 4.98 Å². The molecule has 4 rings (SSSR count). The molecule has 1 amide bonds. The number of carbonyl (C=O) groups is 2. The highest BCUT2D eigenvalue weighted by atomic mass is 19.1. The van der Waals surface area contributed by atoms with Gasteiger partial charge in [-0.25, -0.2) is 4.39 Å². The minimum absolute atomic E-state index is 0.105. The summed E-state index contributed by atoms with van der Waals surface area (Å²) in [6.07, 6.45) is 1.77. The molecule has 0 spiro atoms. The summed E-state index contributed by atoms with van der Waals surface area (Å²) in [4.78, 5) is 29.0. The van der Waals surface area contributed by atoms with Gasteiger partial charge in [-0.2, -0.15) is 0 Å². The lowest BCUT2D eigenvalue weighted by atomic mass is 9.84. The van der Waals surface area contributed by atoms with Gasteiger partial charge in [0, 0.05) is 30.6 Å². The van der Waals surface area contributed by atoms with Crippen LogP contribution < -0.4 is 0 Å². The minimum atomic E-state index is -0.795. The summed E-state index contributed by atoms with van der Waals surface area (Å²) in [6.45, 7) is 3.45. The number of nitrogens with zero attached hydrogens (tertiary/aromatic N) is 1. The lowest BCUT2D eigenvalue weighted by Crippen LogP contribution is -2.43. The number of amides is 1. The minimum Gasteiger partial charge on any atom is -0.481 e. The monoisotopic (exact) mass is 374 g/mol. The van der Waals surface area contributed by atoms with Crippen molar-refractivity contribution in [2.75, 3.05) is 19.7 Å². The maximum atomic E-state index is 13.6. The molecule has 1 aromatic carbocycles. The number of aromatic nitrogens is 1. The van der Waals surface area contributed by atoms with Crippen LogP contribution in [-0.2, 0) is 9.53 Å². The number of hydrogen-bond donors (Lipinski definition) is 2. The van der Waals surface area contributed by atoms with E-state index in [0.29, 0.717) is 37.3 Å². The van der Waals surface area contributed by atoms with Crippen molar-refractivity contribution < 1.29 is 23.8 Å². The van der Waals surface area contributed by atoms with Crippen molar-refractivity contribution in [2.45, 2.75) is 32.3 Å². The van der Waals surface area contributed by atoms with Crippen LogP contribution in [0.1, 0.15) is 35.3 Å². The number of aliphatic carboxylic acids is 1. The van der Waals surface area contributed by atoms with Crippen LogP contribution in [0.5, 0.6) is 0 Å². The number of likely N-dealkylation sites (tertiary alicyclic amines) is 1. The lowest BCUT2D eigenvalue weighted by Gasteiger charge is -2.35. The summed E-state index contributed by atoms with van der Waals surface area (Å²) in [5, 5.41) is 10.2. The third-order valence-electron chi connectivity index (χ3n) is 5.88. The third kappa shape index (κ3) is 3.32. The van der Waals surface area contributed by atoms with E-state index in [1.807, 2.05) is 6.92 Å². The first-order valence-corrected chi connectivity index (χ1v) is 9.36. The maximum Gasteiger partial charge on any atom is 0.309 e. The van der Waals surface area contributed by atoms with E-state index in [0.717, 1.165) is 23.8 Å². The molecule has 144 valence electrons. The Hall–Kier alpha value is -2.41. The number of benzene rings is 1. The number of rotatable bonds is 3. The molecule has 27 heavy (non-hydrogen) atoms. The molecule has 0 radical (unpaired) electrons. The van der Waals surface area contributed by atoms with Crippen molar-refractivity contribution in [1.29, 1.82) is 0 Å². The molecule has 2 aliphatic heterocycles. The highest BCUT2D eigenvalue weighted by Crippen LogP contribution is 2.33. The topological polar surface area (TPSA) is 82.6 Å². The van der Waals surface area contributed by atoms with Crippen LogP contribution in [0.15, 0.2) is 18.2 Å². The molecule has 2 fully saturated rings. The Bertz CT molecular complexity index is 885. The fraction of sp³-hybridized carbons (Fsp3) is 0.500. The van der Waals surface area contributed by atoms with Crippen LogP contribution >= 0.6 is 0 Å². The molecule has 2 aliphatic rings. The quantitative estimate of drug-likeness (QED) is 0.865. The molecule has 0 bridgehead atoms. The number of H-pyrrole nitrogens is 1. The molecule has 0 aliphatic carbocycles. The van der Waals surface area contributed by atoms with Gasteiger partial charge in [-0.3, -0.25) is 9.59 Å². The van der Waals surface area contributed by atoms with E-state index in [1.165, 1.54) is 12.1 Å². The van der Waals surface area contributed by atoms with Gasteiger partial charge in [-0.1, -0.05) is 0 Å². The third-order valence-corrected chi connectivity index (χ3v) is 5.88. The van der Waals surface area contributed by atoms with Gasteiger partial charge in [0.1, 0.15) is 11.5 Å². The Balaban J connectivity index is 1.44. The SMILES string of the molecule is Cc1cc(F)cc2[nH]c(C(=O)N3CCC([C@@H]4OCCC4C(=O)O)CC3)cc12. The molecule has 6 nitrogen and oxygen atoms in total. The number of nitrogens with one attached hydrogen (secondary N) is 1. The van der Waals surface area contributed by atoms with Crippen molar-refractivity contribution in [1.82, 2.24) is 9.88 Å². The second-order valence-electron chi connectivity index (χ2n) is 7.57. The first kappa shape index (κ1) is 18.0. The second-order valence-corrected chi connectivity index (χ2v) is 7.57. The Kier molecular flexibility index (Phi) is 4.63. The Morgan fingerprint density at radius 1 is 1.22 bits per heavy atom. The highest BCUT2D eigenvalue weighted by Gasteiger charge is 2.40. The standard InChI is InChI=1S/C20H23FN2O4/c1-11-8-13(21)9-16-15(11)10-17(22-16)19(24)23-5-2-12(3-6-23)18-14(20(25)26)4-7-27-18/h8-10,12,14,18,22H,2-7H2,1H3,(H,25,26)/t14?,18-/m0/s1. The van der Waals surface area contributed by atoms with Crippen LogP contribution in [0.4, 0.5) is 4.39 Å². The molecule has 1 aromatic heterocycles. The first-order chi connectivity index (χ1) is 12.9. The number of hydrogen-bond acceptors (Lipinski definition) is 3. The molecule has 7 heteroatoms. The average Bonchev–Trinajstić information content (AvgIpc) is 3.28. The van der Waals surface area contributed by atoms with E-state index in [9.17, 15) is 19.1 Å². The summed E-state index contributed by atoms with van der Waals surface area (Å²) in [5.74, 6) is -1.50. The van der Waals surface area contributed by atoms with Crippen LogP contribution in [0.3, 0.4) is 0 Å². The summed E-state index contributed by atoms with van der Waals surface area (Å²) in [7, 11) is 0. The molecular formula is C20H23FN2O4. The first-order valence-electron chi connectivity index (χ1n) is 9.36. The van der Waals surface area contributed by atoms with Gasteiger partial charge < -0.3 is 19.7 Å². The van der Waals surface area contributed by atoms with Gasteiger partial charge >= 0.3 is 5.97 Å². The number of carboxylic acids is 1. The predicted octanol–water partition coefficient (Wildman–Crippen LogP) is 2.96. The van der Waals surface area contributed by atoms with Gasteiger partial charge in [0.05, 0.1) is 12.0 Å². The molecule has 2 atom stereocenters. The fourth-order valence-corrected chi connectivity index (χ4v) is 4.43. The Labute approximate surface area is 156 Å². The molecule has 2 saturated heterocycles. The molecule has 2 aromatic rings. The number of halogens is 1. The average molecular weight is 374 g/mol. The van der Waals surface area contributed by atoms with E-state index >= 15 is 0 Å². The van der Waals surface area contributed by atoms with Gasteiger partial charge in [0.25, 0.3) is 5.91 Å². The van der Waals surface area contributed by atoms with E-state index < -0.39 is 11.9 Å². The van der Waals surface area contributed by atoms with E-state index in [4.69, 9.17) is 4.74 Å². The normalized spacial score (nSPS) is 23.9. The number of ether oxygens (including phenoxy) is 1. The van der Waals surface area contributed by atoms with Gasteiger partial charge in [-0.05, 0) is 55.9 Å². The highest BCUT2D eigenvalue weighted by molar-refractivity contribution is 5.98. The van der Waals surface area contributed by atoms with Crippen LogP contribution in [0.25, 0.3) is 10.9 Å². The number of aromatic amines is 1. The van der Waals surface area contributed by atoms with Crippen molar-refractivity contribution in [3.8, 4) is 0 Å². The smallest absolute Gasteiger partial charge is 0.309 e. The second kappa shape index (κ2) is 6.96. The molecule has 3 heterocycles. The van der Waals surface area contributed by atoms with Crippen LogP contribution in [0.2, 0.25) is 0 Å². The van der Waals surface area contributed by atoms with Gasteiger partial charge in [0.2, 0.25) is 0 Å². The number of carboxylic acid groups (broad SMARTS) is 1. The summed E-state index contributed by atoms with van der Waals surface area (Å²) < 4.78 is 19.3. The van der Waals surface area contributed by atoms with Crippen LogP contribution in [-0.4, -0.2) is 52.7 Å². The number of carbonyl (C=O) groups excluding carboxylic acids is 1. The van der Waals surface area contributed by atoms with Crippen LogP contribution in [0, 0.1) is 24.6 Å². The predicted molar refractivity (Wildman–Crippen MR) is 97.1 cm³/mol. The van der Waals surface area contributed by atoms with Crippen molar-refractivity contribution in [3.63, 3.8) is 0 Å². The molecular weight excluding hydrogens is 351 g/mol. The zero-order valence-corrected chi connectivity index (χ0v) is 15.2. The molecule has 1 unspecified atom stereocenters. The summed E-state index contributed by atoms with van der Waals surface area (Å²) in [6, 6.07) is 4.63. The Morgan fingerprint density at radius 2 is 1.96 bits per heavy atom.